The lowest BCUT2D eigenvalue weighted by atomic mass is 10.1. The van der Waals surface area contributed by atoms with E-state index >= 15 is 0 Å². The van der Waals surface area contributed by atoms with E-state index < -0.39 is 0 Å². The molecule has 0 bridgehead atoms. The Labute approximate surface area is 144 Å². The SMILES string of the molecule is CN(C)C(=O)CN=C(NCC1CCOC1)N1CCSC(C)(C)C1. The first kappa shape index (κ1) is 18.4. The summed E-state index contributed by atoms with van der Waals surface area (Å²) in [5.74, 6) is 2.51. The molecule has 1 amide bonds. The van der Waals surface area contributed by atoms with Gasteiger partial charge in [-0.2, -0.15) is 11.8 Å². The summed E-state index contributed by atoms with van der Waals surface area (Å²) in [5, 5.41) is 3.48. The number of thioether (sulfide) groups is 1. The monoisotopic (exact) mass is 342 g/mol. The van der Waals surface area contributed by atoms with Gasteiger partial charge >= 0.3 is 0 Å². The Morgan fingerprint density at radius 3 is 2.87 bits per heavy atom. The summed E-state index contributed by atoms with van der Waals surface area (Å²) in [5.41, 5.74) is 0. The Bertz CT molecular complexity index is 434. The minimum absolute atomic E-state index is 0.0270. The van der Waals surface area contributed by atoms with Crippen molar-refractivity contribution in [3.05, 3.63) is 0 Å². The molecule has 7 heteroatoms. The minimum atomic E-state index is 0.0270. The van der Waals surface area contributed by atoms with Crippen LogP contribution in [0.15, 0.2) is 4.99 Å². The van der Waals surface area contributed by atoms with Crippen molar-refractivity contribution in [2.75, 3.05) is 59.2 Å². The average Bonchev–Trinajstić information content (AvgIpc) is 2.99. The molecule has 0 aromatic heterocycles. The minimum Gasteiger partial charge on any atom is -0.381 e. The first-order valence-electron chi connectivity index (χ1n) is 8.32. The molecule has 2 aliphatic rings. The van der Waals surface area contributed by atoms with Crippen LogP contribution in [0.5, 0.6) is 0 Å². The van der Waals surface area contributed by atoms with Gasteiger partial charge in [-0.15, -0.1) is 0 Å². The molecule has 132 valence electrons. The molecule has 2 rings (SSSR count). The standard InChI is InChI=1S/C16H30N4O2S/c1-16(2)12-20(6-8-23-16)15(18-10-14(21)19(3)4)17-9-13-5-7-22-11-13/h13H,5-12H2,1-4H3,(H,17,18). The van der Waals surface area contributed by atoms with E-state index in [4.69, 9.17) is 4.74 Å². The largest absolute Gasteiger partial charge is 0.381 e. The van der Waals surface area contributed by atoms with Gasteiger partial charge in [-0.3, -0.25) is 4.79 Å². The highest BCUT2D eigenvalue weighted by molar-refractivity contribution is 8.00. The molecule has 0 aromatic rings. The number of guanidine groups is 1. The van der Waals surface area contributed by atoms with Crippen molar-refractivity contribution in [2.24, 2.45) is 10.9 Å². The molecule has 23 heavy (non-hydrogen) atoms. The Morgan fingerprint density at radius 1 is 1.48 bits per heavy atom. The number of nitrogens with one attached hydrogen (secondary N) is 1. The molecule has 2 fully saturated rings. The number of rotatable bonds is 4. The zero-order valence-corrected chi connectivity index (χ0v) is 15.6. The van der Waals surface area contributed by atoms with E-state index in [1.165, 1.54) is 0 Å². The van der Waals surface area contributed by atoms with Crippen molar-refractivity contribution in [3.63, 3.8) is 0 Å². The molecule has 0 aliphatic carbocycles. The van der Waals surface area contributed by atoms with Crippen molar-refractivity contribution < 1.29 is 9.53 Å². The van der Waals surface area contributed by atoms with E-state index in [1.807, 2.05) is 11.8 Å². The molecule has 2 saturated heterocycles. The molecular formula is C16H30N4O2S. The van der Waals surface area contributed by atoms with Crippen LogP contribution in [-0.4, -0.2) is 85.7 Å². The fraction of sp³-hybridized carbons (Fsp3) is 0.875. The Hall–Kier alpha value is -0.950. The molecule has 1 unspecified atom stereocenters. The van der Waals surface area contributed by atoms with Gasteiger partial charge in [-0.1, -0.05) is 0 Å². The molecule has 0 radical (unpaired) electrons. The second-order valence-electron chi connectivity index (χ2n) is 7.07. The lowest BCUT2D eigenvalue weighted by Crippen LogP contribution is -2.52. The predicted molar refractivity (Wildman–Crippen MR) is 96.0 cm³/mol. The van der Waals surface area contributed by atoms with E-state index in [1.54, 1.807) is 19.0 Å². The third kappa shape index (κ3) is 5.88. The van der Waals surface area contributed by atoms with Gasteiger partial charge in [0.05, 0.1) is 6.61 Å². The molecule has 2 aliphatic heterocycles. The van der Waals surface area contributed by atoms with Crippen LogP contribution in [0.4, 0.5) is 0 Å². The molecule has 0 aromatic carbocycles. The average molecular weight is 343 g/mol. The maximum absolute atomic E-state index is 11.9. The molecule has 1 N–H and O–H groups in total. The summed E-state index contributed by atoms with van der Waals surface area (Å²) in [4.78, 5) is 20.3. The molecule has 1 atom stereocenters. The first-order chi connectivity index (χ1) is 10.9. The lowest BCUT2D eigenvalue weighted by molar-refractivity contribution is -0.127. The summed E-state index contributed by atoms with van der Waals surface area (Å²) in [6.07, 6.45) is 1.10. The Balaban J connectivity index is 2.00. The van der Waals surface area contributed by atoms with E-state index in [0.29, 0.717) is 5.92 Å². The second-order valence-corrected chi connectivity index (χ2v) is 8.87. The van der Waals surface area contributed by atoms with Gasteiger partial charge in [-0.05, 0) is 20.3 Å². The molecule has 0 spiro atoms. The third-order valence-electron chi connectivity index (χ3n) is 4.16. The number of amides is 1. The van der Waals surface area contributed by atoms with Crippen molar-refractivity contribution >= 4 is 23.6 Å². The molecular weight excluding hydrogens is 312 g/mol. The maximum Gasteiger partial charge on any atom is 0.243 e. The maximum atomic E-state index is 11.9. The van der Waals surface area contributed by atoms with Crippen LogP contribution in [0.2, 0.25) is 0 Å². The van der Waals surface area contributed by atoms with Crippen LogP contribution in [0, 0.1) is 5.92 Å². The van der Waals surface area contributed by atoms with Crippen LogP contribution < -0.4 is 5.32 Å². The Morgan fingerprint density at radius 2 is 2.26 bits per heavy atom. The number of carbonyl (C=O) groups is 1. The predicted octanol–water partition coefficient (Wildman–Crippen LogP) is 0.884. The van der Waals surface area contributed by atoms with Crippen molar-refractivity contribution in [1.82, 2.24) is 15.1 Å². The van der Waals surface area contributed by atoms with Gasteiger partial charge in [0.2, 0.25) is 5.91 Å². The summed E-state index contributed by atoms with van der Waals surface area (Å²) in [6, 6.07) is 0. The second kappa shape index (κ2) is 8.24. The van der Waals surface area contributed by atoms with E-state index in [9.17, 15) is 4.79 Å². The van der Waals surface area contributed by atoms with Gasteiger partial charge in [-0.25, -0.2) is 4.99 Å². The number of aliphatic imine (C=N–C) groups is 1. The molecule has 6 nitrogen and oxygen atoms in total. The van der Waals surface area contributed by atoms with Gasteiger partial charge < -0.3 is 19.9 Å². The van der Waals surface area contributed by atoms with Crippen molar-refractivity contribution in [2.45, 2.75) is 25.0 Å². The van der Waals surface area contributed by atoms with Crippen LogP contribution >= 0.6 is 11.8 Å². The van der Waals surface area contributed by atoms with Gasteiger partial charge in [0.25, 0.3) is 0 Å². The highest BCUT2D eigenvalue weighted by Gasteiger charge is 2.29. The summed E-state index contributed by atoms with van der Waals surface area (Å²) in [6.45, 7) is 9.16. The number of carbonyl (C=O) groups excluding carboxylic acids is 1. The van der Waals surface area contributed by atoms with E-state index in [0.717, 1.165) is 51.0 Å². The topological polar surface area (TPSA) is 57.2 Å². The number of ether oxygens (including phenoxy) is 1. The third-order valence-corrected chi connectivity index (χ3v) is 5.46. The van der Waals surface area contributed by atoms with Crippen molar-refractivity contribution in [1.29, 1.82) is 0 Å². The van der Waals surface area contributed by atoms with Crippen LogP contribution in [0.3, 0.4) is 0 Å². The van der Waals surface area contributed by atoms with E-state index in [-0.39, 0.29) is 17.2 Å². The Kier molecular flexibility index (Phi) is 6.59. The van der Waals surface area contributed by atoms with Crippen LogP contribution in [-0.2, 0) is 9.53 Å². The molecule has 2 heterocycles. The summed E-state index contributed by atoms with van der Waals surface area (Å²) >= 11 is 1.99. The van der Waals surface area contributed by atoms with Crippen molar-refractivity contribution in [3.8, 4) is 0 Å². The number of hydrogen-bond acceptors (Lipinski definition) is 4. The smallest absolute Gasteiger partial charge is 0.243 e. The van der Waals surface area contributed by atoms with Crippen LogP contribution in [0.1, 0.15) is 20.3 Å². The molecule has 0 saturated carbocycles. The fourth-order valence-corrected chi connectivity index (χ4v) is 3.84. The highest BCUT2D eigenvalue weighted by atomic mass is 32.2. The van der Waals surface area contributed by atoms with Gasteiger partial charge in [0, 0.05) is 56.8 Å². The quantitative estimate of drug-likeness (QED) is 0.607. The van der Waals surface area contributed by atoms with Crippen LogP contribution in [0.25, 0.3) is 0 Å². The lowest BCUT2D eigenvalue weighted by Gasteiger charge is -2.39. The van der Waals surface area contributed by atoms with Gasteiger partial charge in [0.1, 0.15) is 6.54 Å². The van der Waals surface area contributed by atoms with Gasteiger partial charge in [0.15, 0.2) is 5.96 Å². The summed E-state index contributed by atoms with van der Waals surface area (Å²) < 4.78 is 5.65. The number of likely N-dealkylation sites (N-methyl/N-ethyl adjacent to an activating group) is 1. The normalized spacial score (nSPS) is 24.6. The highest BCUT2D eigenvalue weighted by Crippen LogP contribution is 2.29. The first-order valence-corrected chi connectivity index (χ1v) is 9.31. The zero-order chi connectivity index (χ0) is 16.9. The number of nitrogens with zero attached hydrogens (tertiary/aromatic N) is 3. The number of hydrogen-bond donors (Lipinski definition) is 1. The fourth-order valence-electron chi connectivity index (χ4n) is 2.73. The summed E-state index contributed by atoms with van der Waals surface area (Å²) in [7, 11) is 3.53. The zero-order valence-electron chi connectivity index (χ0n) is 14.8. The van der Waals surface area contributed by atoms with E-state index in [2.05, 4.69) is 29.1 Å².